The van der Waals surface area contributed by atoms with Crippen LogP contribution in [0.4, 0.5) is 10.2 Å². The third-order valence-electron chi connectivity index (χ3n) is 5.25. The number of pyridine rings is 1. The predicted molar refractivity (Wildman–Crippen MR) is 116 cm³/mol. The second-order valence-electron chi connectivity index (χ2n) is 7.45. The van der Waals surface area contributed by atoms with Crippen LogP contribution in [0.25, 0.3) is 11.1 Å². The van der Waals surface area contributed by atoms with Crippen molar-refractivity contribution in [1.82, 2.24) is 20.1 Å². The molecular formula is C21H22Cl2FN5O. The minimum atomic E-state index is -0.538. The van der Waals surface area contributed by atoms with Crippen LogP contribution < -0.4 is 11.1 Å². The van der Waals surface area contributed by atoms with E-state index in [1.165, 1.54) is 12.1 Å². The minimum Gasteiger partial charge on any atom is -0.383 e. The number of hydrogen-bond donors (Lipinski definition) is 2. The van der Waals surface area contributed by atoms with E-state index in [0.717, 1.165) is 36.3 Å². The van der Waals surface area contributed by atoms with Crippen LogP contribution in [0.3, 0.4) is 0 Å². The van der Waals surface area contributed by atoms with Crippen molar-refractivity contribution in [3.8, 4) is 11.1 Å². The van der Waals surface area contributed by atoms with Crippen LogP contribution >= 0.6 is 23.2 Å². The highest BCUT2D eigenvalue weighted by Gasteiger charge is 2.19. The lowest BCUT2D eigenvalue weighted by Crippen LogP contribution is -2.44. The lowest BCUT2D eigenvalue weighted by atomic mass is 10.0. The first-order chi connectivity index (χ1) is 14.4. The van der Waals surface area contributed by atoms with Crippen molar-refractivity contribution in [2.45, 2.75) is 26.2 Å². The zero-order chi connectivity index (χ0) is 21.3. The minimum absolute atomic E-state index is 0.0380. The van der Waals surface area contributed by atoms with Crippen molar-refractivity contribution in [3.05, 3.63) is 63.8 Å². The Labute approximate surface area is 184 Å². The number of nitrogens with zero attached hydrogens (tertiary/aromatic N) is 3. The molecule has 0 radical (unpaired) electrons. The van der Waals surface area contributed by atoms with Crippen LogP contribution in [0.5, 0.6) is 0 Å². The van der Waals surface area contributed by atoms with Gasteiger partial charge in [-0.25, -0.2) is 9.37 Å². The van der Waals surface area contributed by atoms with Gasteiger partial charge in [0.05, 0.1) is 23.9 Å². The summed E-state index contributed by atoms with van der Waals surface area (Å²) in [5, 5.41) is 8.02. The fraction of sp³-hybridized carbons (Fsp3) is 0.333. The number of nitrogen functional groups attached to an aromatic ring is 1. The van der Waals surface area contributed by atoms with Gasteiger partial charge in [-0.05, 0) is 25.1 Å². The van der Waals surface area contributed by atoms with Crippen LogP contribution in [0, 0.1) is 11.7 Å². The fourth-order valence-electron chi connectivity index (χ4n) is 3.36. The first-order valence-corrected chi connectivity index (χ1v) is 10.4. The van der Waals surface area contributed by atoms with Crippen LogP contribution in [0.15, 0.2) is 36.8 Å². The number of rotatable bonds is 7. The summed E-state index contributed by atoms with van der Waals surface area (Å²) < 4.78 is 21.7. The van der Waals surface area contributed by atoms with E-state index in [9.17, 15) is 4.39 Å². The Kier molecular flexibility index (Phi) is 6.24. The number of nitrogens with one attached hydrogen (secondary N) is 1. The van der Waals surface area contributed by atoms with Crippen LogP contribution in [-0.2, 0) is 17.9 Å². The zero-order valence-corrected chi connectivity index (χ0v) is 17.9. The maximum atomic E-state index is 13.8. The van der Waals surface area contributed by atoms with Gasteiger partial charge in [-0.2, -0.15) is 5.10 Å². The van der Waals surface area contributed by atoms with E-state index in [4.69, 9.17) is 33.7 Å². The summed E-state index contributed by atoms with van der Waals surface area (Å²) >= 11 is 12.3. The Morgan fingerprint density at radius 2 is 2.10 bits per heavy atom. The standard InChI is InChI=1S/C21H22Cl2FN5O/c1-12(19-17(22)2-3-18(24)20(19)23)30-11-15-4-14(7-27-21(15)25)16-8-28-29(10-16)9-13-5-26-6-13/h2-4,7-8,10,12-13,26H,5-6,9,11H2,1H3,(H2,25,27). The van der Waals surface area contributed by atoms with E-state index < -0.39 is 11.9 Å². The zero-order valence-electron chi connectivity index (χ0n) is 16.4. The quantitative estimate of drug-likeness (QED) is 0.520. The molecule has 1 fully saturated rings. The molecule has 0 spiro atoms. The van der Waals surface area contributed by atoms with Crippen molar-refractivity contribution in [1.29, 1.82) is 0 Å². The highest BCUT2D eigenvalue weighted by atomic mass is 35.5. The highest BCUT2D eigenvalue weighted by molar-refractivity contribution is 6.36. The normalized spacial score (nSPS) is 15.2. The Morgan fingerprint density at radius 1 is 1.30 bits per heavy atom. The molecule has 0 bridgehead atoms. The van der Waals surface area contributed by atoms with E-state index in [0.29, 0.717) is 22.3 Å². The monoisotopic (exact) mass is 449 g/mol. The Bertz CT molecular complexity index is 1050. The van der Waals surface area contributed by atoms with Gasteiger partial charge in [0.2, 0.25) is 0 Å². The van der Waals surface area contributed by atoms with Gasteiger partial charge in [-0.3, -0.25) is 4.68 Å². The van der Waals surface area contributed by atoms with Crippen molar-refractivity contribution < 1.29 is 9.13 Å². The van der Waals surface area contributed by atoms with Gasteiger partial charge in [-0.15, -0.1) is 0 Å². The summed E-state index contributed by atoms with van der Waals surface area (Å²) in [6.07, 6.45) is 5.02. The van der Waals surface area contributed by atoms with Crippen molar-refractivity contribution in [2.24, 2.45) is 5.92 Å². The number of anilines is 1. The van der Waals surface area contributed by atoms with E-state index >= 15 is 0 Å². The average molecular weight is 450 g/mol. The highest BCUT2D eigenvalue weighted by Crippen LogP contribution is 2.35. The Morgan fingerprint density at radius 3 is 2.83 bits per heavy atom. The van der Waals surface area contributed by atoms with E-state index in [-0.39, 0.29) is 11.6 Å². The summed E-state index contributed by atoms with van der Waals surface area (Å²) in [6, 6.07) is 4.62. The second kappa shape index (κ2) is 8.89. The largest absolute Gasteiger partial charge is 0.383 e. The van der Waals surface area contributed by atoms with Crippen LogP contribution in [0.2, 0.25) is 10.0 Å². The second-order valence-corrected chi connectivity index (χ2v) is 8.24. The Hall–Kier alpha value is -2.19. The molecular weight excluding hydrogens is 428 g/mol. The summed E-state index contributed by atoms with van der Waals surface area (Å²) in [6.45, 7) is 4.88. The molecule has 0 saturated carbocycles. The molecule has 1 unspecified atom stereocenters. The summed E-state index contributed by atoms with van der Waals surface area (Å²) in [5.41, 5.74) is 9.03. The molecule has 6 nitrogen and oxygen atoms in total. The molecule has 30 heavy (non-hydrogen) atoms. The molecule has 0 amide bonds. The lowest BCUT2D eigenvalue weighted by Gasteiger charge is -2.26. The van der Waals surface area contributed by atoms with Crippen molar-refractivity contribution >= 4 is 29.0 Å². The van der Waals surface area contributed by atoms with Gasteiger partial charge >= 0.3 is 0 Å². The van der Waals surface area contributed by atoms with Gasteiger partial charge in [-0.1, -0.05) is 23.2 Å². The van der Waals surface area contributed by atoms with Gasteiger partial charge in [0.25, 0.3) is 0 Å². The number of ether oxygens (including phenoxy) is 1. The fourth-order valence-corrected chi connectivity index (χ4v) is 4.04. The number of benzene rings is 1. The van der Waals surface area contributed by atoms with E-state index in [1.54, 1.807) is 13.1 Å². The summed E-state index contributed by atoms with van der Waals surface area (Å²) in [4.78, 5) is 4.29. The molecule has 158 valence electrons. The maximum Gasteiger partial charge on any atom is 0.142 e. The Balaban J connectivity index is 1.48. The van der Waals surface area contributed by atoms with Crippen LogP contribution in [-0.4, -0.2) is 27.9 Å². The van der Waals surface area contributed by atoms with Gasteiger partial charge < -0.3 is 15.8 Å². The molecule has 9 heteroatoms. The van der Waals surface area contributed by atoms with Gasteiger partial charge in [0.1, 0.15) is 11.6 Å². The molecule has 1 aliphatic rings. The molecule has 1 atom stereocenters. The topological polar surface area (TPSA) is 78.0 Å². The number of halogens is 3. The first-order valence-electron chi connectivity index (χ1n) is 9.65. The molecule has 3 aromatic rings. The smallest absolute Gasteiger partial charge is 0.142 e. The maximum absolute atomic E-state index is 13.8. The average Bonchev–Trinajstić information content (AvgIpc) is 3.16. The predicted octanol–water partition coefficient (Wildman–Crippen LogP) is 4.47. The van der Waals surface area contributed by atoms with E-state index in [1.807, 2.05) is 23.1 Å². The van der Waals surface area contributed by atoms with Crippen LogP contribution in [0.1, 0.15) is 24.2 Å². The summed E-state index contributed by atoms with van der Waals surface area (Å²) in [5.74, 6) is 0.453. The molecule has 3 N–H and O–H groups in total. The molecule has 4 rings (SSSR count). The number of aromatic nitrogens is 3. The van der Waals surface area contributed by atoms with Gasteiger partial charge in [0.15, 0.2) is 0 Å². The molecule has 0 aliphatic carbocycles. The van der Waals surface area contributed by atoms with Gasteiger partial charge in [0, 0.05) is 65.2 Å². The number of nitrogens with two attached hydrogens (primary N) is 1. The lowest BCUT2D eigenvalue weighted by molar-refractivity contribution is 0.0527. The molecule has 1 aliphatic heterocycles. The van der Waals surface area contributed by atoms with Crippen molar-refractivity contribution in [2.75, 3.05) is 18.8 Å². The SMILES string of the molecule is CC(OCc1cc(-c2cnn(CC3CNC3)c2)cnc1N)c1c(Cl)ccc(F)c1Cl. The molecule has 1 aromatic carbocycles. The molecule has 1 saturated heterocycles. The first kappa shape index (κ1) is 21.1. The number of hydrogen-bond acceptors (Lipinski definition) is 5. The molecule has 2 aromatic heterocycles. The summed E-state index contributed by atoms with van der Waals surface area (Å²) in [7, 11) is 0. The third kappa shape index (κ3) is 4.44. The van der Waals surface area contributed by atoms with Crippen molar-refractivity contribution in [3.63, 3.8) is 0 Å². The molecule has 3 heterocycles. The van der Waals surface area contributed by atoms with E-state index in [2.05, 4.69) is 15.4 Å². The third-order valence-corrected chi connectivity index (χ3v) is 5.97.